The van der Waals surface area contributed by atoms with Crippen LogP contribution in [0.3, 0.4) is 0 Å². The number of carbonyl (C=O) groups is 1. The average molecular weight is 339 g/mol. The van der Waals surface area contributed by atoms with Crippen molar-refractivity contribution in [1.82, 2.24) is 4.90 Å². The fraction of sp³-hybridized carbons (Fsp3) is 0.588. The van der Waals surface area contributed by atoms with Gasteiger partial charge in [-0.1, -0.05) is 12.1 Å². The molecule has 1 fully saturated rings. The molecule has 0 radical (unpaired) electrons. The van der Waals surface area contributed by atoms with Gasteiger partial charge >= 0.3 is 0 Å². The first kappa shape index (κ1) is 17.8. The molecule has 1 aliphatic rings. The summed E-state index contributed by atoms with van der Waals surface area (Å²) >= 11 is 0. The topological polar surface area (TPSA) is 63.7 Å². The number of ether oxygens (including phenoxy) is 1. The van der Waals surface area contributed by atoms with E-state index in [4.69, 9.17) is 4.74 Å². The number of benzene rings is 1. The first-order chi connectivity index (χ1) is 10.7. The monoisotopic (exact) mass is 339 g/mol. The molecule has 1 aromatic carbocycles. The van der Waals surface area contributed by atoms with E-state index in [0.29, 0.717) is 13.0 Å². The normalized spacial score (nSPS) is 19.6. The van der Waals surface area contributed by atoms with E-state index in [-0.39, 0.29) is 30.1 Å². The lowest BCUT2D eigenvalue weighted by Gasteiger charge is -2.27. The highest BCUT2D eigenvalue weighted by atomic mass is 32.2. The van der Waals surface area contributed by atoms with Gasteiger partial charge < -0.3 is 9.64 Å². The minimum Gasteiger partial charge on any atom is -0.483 e. The van der Waals surface area contributed by atoms with E-state index in [1.807, 2.05) is 39.8 Å². The van der Waals surface area contributed by atoms with E-state index in [1.165, 1.54) is 0 Å². The molecule has 1 heterocycles. The molecule has 1 unspecified atom stereocenters. The van der Waals surface area contributed by atoms with Crippen molar-refractivity contribution < 1.29 is 17.9 Å². The zero-order valence-electron chi connectivity index (χ0n) is 14.3. The van der Waals surface area contributed by atoms with Gasteiger partial charge in [0.05, 0.1) is 11.5 Å². The van der Waals surface area contributed by atoms with Gasteiger partial charge in [0, 0.05) is 12.6 Å². The number of sulfone groups is 1. The minimum atomic E-state index is -3.00. The molecule has 1 saturated heterocycles. The molecule has 0 N–H and O–H groups in total. The SMILES string of the molecule is CCN(C(=O)COc1c(C)ccc(C)c1C)C1CCS(=O)(=O)C1. The van der Waals surface area contributed by atoms with E-state index in [0.717, 1.165) is 22.4 Å². The van der Waals surface area contributed by atoms with Crippen molar-refractivity contribution in [3.8, 4) is 5.75 Å². The number of hydrogen-bond acceptors (Lipinski definition) is 4. The molecule has 0 saturated carbocycles. The summed E-state index contributed by atoms with van der Waals surface area (Å²) in [5.41, 5.74) is 3.14. The lowest BCUT2D eigenvalue weighted by molar-refractivity contribution is -0.135. The van der Waals surface area contributed by atoms with Crippen LogP contribution in [0.15, 0.2) is 12.1 Å². The molecular formula is C17H25NO4S. The summed E-state index contributed by atoms with van der Waals surface area (Å²) in [6.45, 7) is 8.23. The van der Waals surface area contributed by atoms with Crippen molar-refractivity contribution in [2.45, 2.75) is 40.2 Å². The largest absolute Gasteiger partial charge is 0.483 e. The van der Waals surface area contributed by atoms with E-state index < -0.39 is 9.84 Å². The lowest BCUT2D eigenvalue weighted by Crippen LogP contribution is -2.43. The molecular weight excluding hydrogens is 314 g/mol. The molecule has 0 bridgehead atoms. The third kappa shape index (κ3) is 4.05. The van der Waals surface area contributed by atoms with Crippen molar-refractivity contribution in [2.75, 3.05) is 24.7 Å². The predicted octanol–water partition coefficient (Wildman–Crippen LogP) is 2.03. The van der Waals surface area contributed by atoms with Gasteiger partial charge in [-0.3, -0.25) is 4.79 Å². The van der Waals surface area contributed by atoms with E-state index in [1.54, 1.807) is 4.90 Å². The maximum Gasteiger partial charge on any atom is 0.260 e. The molecule has 6 heteroatoms. The quantitative estimate of drug-likeness (QED) is 0.823. The molecule has 1 atom stereocenters. The van der Waals surface area contributed by atoms with Crippen LogP contribution in [0.4, 0.5) is 0 Å². The summed E-state index contributed by atoms with van der Waals surface area (Å²) in [7, 11) is -3.00. The van der Waals surface area contributed by atoms with Gasteiger partial charge in [0.25, 0.3) is 5.91 Å². The molecule has 5 nitrogen and oxygen atoms in total. The highest BCUT2D eigenvalue weighted by molar-refractivity contribution is 7.91. The molecule has 2 rings (SSSR count). The Morgan fingerprint density at radius 3 is 2.48 bits per heavy atom. The molecule has 0 spiro atoms. The Balaban J connectivity index is 2.05. The van der Waals surface area contributed by atoms with E-state index in [2.05, 4.69) is 0 Å². The first-order valence-corrected chi connectivity index (χ1v) is 9.76. The van der Waals surface area contributed by atoms with Crippen LogP contribution in [0.2, 0.25) is 0 Å². The minimum absolute atomic E-state index is 0.0600. The van der Waals surface area contributed by atoms with Gasteiger partial charge in [-0.2, -0.15) is 0 Å². The summed E-state index contributed by atoms with van der Waals surface area (Å²) in [6, 6.07) is 3.78. The molecule has 23 heavy (non-hydrogen) atoms. The van der Waals surface area contributed by atoms with Crippen molar-refractivity contribution >= 4 is 15.7 Å². The Kier molecular flexibility index (Phi) is 5.34. The summed E-state index contributed by atoms with van der Waals surface area (Å²) in [5, 5.41) is 0. The van der Waals surface area contributed by atoms with Crippen molar-refractivity contribution in [1.29, 1.82) is 0 Å². The second kappa shape index (κ2) is 6.91. The van der Waals surface area contributed by atoms with Crippen LogP contribution in [0, 0.1) is 20.8 Å². The number of amides is 1. The second-order valence-corrected chi connectivity index (χ2v) is 8.41. The summed E-state index contributed by atoms with van der Waals surface area (Å²) < 4.78 is 29.0. The van der Waals surface area contributed by atoms with E-state index in [9.17, 15) is 13.2 Å². The summed E-state index contributed by atoms with van der Waals surface area (Å²) in [6.07, 6.45) is 0.518. The number of likely N-dealkylation sites (N-methyl/N-ethyl adjacent to an activating group) is 1. The van der Waals surface area contributed by atoms with Crippen LogP contribution < -0.4 is 4.74 Å². The van der Waals surface area contributed by atoms with Gasteiger partial charge in [-0.15, -0.1) is 0 Å². The fourth-order valence-corrected chi connectivity index (χ4v) is 4.75. The first-order valence-electron chi connectivity index (χ1n) is 7.94. The van der Waals surface area contributed by atoms with Gasteiger partial charge in [0.15, 0.2) is 16.4 Å². The third-order valence-corrected chi connectivity index (χ3v) is 6.27. The molecule has 0 aliphatic carbocycles. The van der Waals surface area contributed by atoms with Gasteiger partial charge in [-0.05, 0) is 50.8 Å². The lowest BCUT2D eigenvalue weighted by atomic mass is 10.1. The van der Waals surface area contributed by atoms with Crippen LogP contribution in [0.1, 0.15) is 30.0 Å². The smallest absolute Gasteiger partial charge is 0.260 e. The zero-order chi connectivity index (χ0) is 17.2. The number of hydrogen-bond donors (Lipinski definition) is 0. The Morgan fingerprint density at radius 2 is 1.91 bits per heavy atom. The van der Waals surface area contributed by atoms with Crippen molar-refractivity contribution in [2.24, 2.45) is 0 Å². The summed E-state index contributed by atoms with van der Waals surface area (Å²) in [5.74, 6) is 0.816. The van der Waals surface area contributed by atoms with Crippen LogP contribution in [0.5, 0.6) is 5.75 Å². The maximum atomic E-state index is 12.5. The van der Waals surface area contributed by atoms with Gasteiger partial charge in [-0.25, -0.2) is 8.42 Å². The maximum absolute atomic E-state index is 12.5. The second-order valence-electron chi connectivity index (χ2n) is 6.18. The summed E-state index contributed by atoms with van der Waals surface area (Å²) in [4.78, 5) is 14.1. The Morgan fingerprint density at radius 1 is 1.26 bits per heavy atom. The fourth-order valence-electron chi connectivity index (χ4n) is 3.02. The highest BCUT2D eigenvalue weighted by Gasteiger charge is 2.34. The highest BCUT2D eigenvalue weighted by Crippen LogP contribution is 2.26. The zero-order valence-corrected chi connectivity index (χ0v) is 15.1. The standard InChI is InChI=1S/C17H25NO4S/c1-5-18(15-8-9-23(20,21)11-15)16(19)10-22-17-13(3)7-6-12(2)14(17)4/h6-7,15H,5,8-11H2,1-4H3. The third-order valence-electron chi connectivity index (χ3n) is 4.52. The number of nitrogens with zero attached hydrogens (tertiary/aromatic N) is 1. The van der Waals surface area contributed by atoms with Gasteiger partial charge in [0.1, 0.15) is 5.75 Å². The predicted molar refractivity (Wildman–Crippen MR) is 90.6 cm³/mol. The molecule has 1 aliphatic heterocycles. The Labute approximate surface area is 138 Å². The van der Waals surface area contributed by atoms with Crippen LogP contribution >= 0.6 is 0 Å². The molecule has 1 amide bonds. The number of rotatable bonds is 5. The van der Waals surface area contributed by atoms with Crippen LogP contribution in [0.25, 0.3) is 0 Å². The van der Waals surface area contributed by atoms with Crippen molar-refractivity contribution in [3.05, 3.63) is 28.8 Å². The average Bonchev–Trinajstić information content (AvgIpc) is 2.84. The number of aryl methyl sites for hydroxylation is 2. The Bertz CT molecular complexity index is 697. The van der Waals surface area contributed by atoms with E-state index >= 15 is 0 Å². The van der Waals surface area contributed by atoms with Crippen LogP contribution in [-0.4, -0.2) is 49.9 Å². The number of carbonyl (C=O) groups excluding carboxylic acids is 1. The Hall–Kier alpha value is -1.56. The molecule has 1 aromatic rings. The van der Waals surface area contributed by atoms with Crippen LogP contribution in [-0.2, 0) is 14.6 Å². The molecule has 128 valence electrons. The van der Waals surface area contributed by atoms with Gasteiger partial charge in [0.2, 0.25) is 0 Å². The molecule has 0 aromatic heterocycles. The van der Waals surface area contributed by atoms with Crippen molar-refractivity contribution in [3.63, 3.8) is 0 Å².